The molecule has 1 aliphatic heterocycles. The van der Waals surface area contributed by atoms with Gasteiger partial charge in [0.2, 0.25) is 0 Å². The van der Waals surface area contributed by atoms with Gasteiger partial charge in [0.05, 0.1) is 0 Å². The van der Waals surface area contributed by atoms with E-state index in [1.165, 1.54) is 0 Å². The predicted molar refractivity (Wildman–Crippen MR) is 79.5 cm³/mol. The van der Waals surface area contributed by atoms with Crippen molar-refractivity contribution in [1.29, 1.82) is 0 Å². The molecule has 23 heavy (non-hydrogen) atoms. The van der Waals surface area contributed by atoms with Gasteiger partial charge in [-0.15, -0.1) is 5.10 Å². The second kappa shape index (κ2) is 5.98. The van der Waals surface area contributed by atoms with E-state index < -0.39 is 23.4 Å². The molecule has 9 heteroatoms. The van der Waals surface area contributed by atoms with E-state index in [-0.39, 0.29) is 11.9 Å². The van der Waals surface area contributed by atoms with Gasteiger partial charge in [0, 0.05) is 18.8 Å². The Morgan fingerprint density at radius 2 is 1.83 bits per heavy atom. The monoisotopic (exact) mass is 321 g/mol. The maximum absolute atomic E-state index is 12.1. The number of carbonyl (C=O) groups excluding carboxylic acids is 2. The second-order valence-electron chi connectivity index (χ2n) is 6.02. The highest BCUT2D eigenvalue weighted by Crippen LogP contribution is 2.35. The minimum Gasteiger partial charge on any atom is -0.417 e. The molecule has 1 aliphatic carbocycles. The maximum atomic E-state index is 12.1. The van der Waals surface area contributed by atoms with E-state index in [1.807, 2.05) is 13.8 Å². The molecule has 1 aromatic heterocycles. The lowest BCUT2D eigenvalue weighted by Gasteiger charge is -2.38. The Balaban J connectivity index is 1.70. The minimum absolute atomic E-state index is 0.166. The van der Waals surface area contributed by atoms with Crippen LogP contribution in [0.1, 0.15) is 57.7 Å². The maximum Gasteiger partial charge on any atom is 0.369 e. The lowest BCUT2D eigenvalue weighted by Crippen LogP contribution is -2.51. The Morgan fingerprint density at radius 3 is 2.39 bits per heavy atom. The van der Waals surface area contributed by atoms with E-state index in [0.717, 1.165) is 19.3 Å². The molecule has 2 fully saturated rings. The summed E-state index contributed by atoms with van der Waals surface area (Å²) in [5.74, 6) is -1.67. The fraction of sp³-hybridized carbons (Fsp3) is 0.643. The summed E-state index contributed by atoms with van der Waals surface area (Å²) in [6.07, 6.45) is 3.83. The third-order valence-electron chi connectivity index (χ3n) is 3.88. The van der Waals surface area contributed by atoms with Gasteiger partial charge in [-0.25, -0.2) is 15.0 Å². The molecule has 1 saturated heterocycles. The fourth-order valence-electron chi connectivity index (χ4n) is 2.61. The van der Waals surface area contributed by atoms with Crippen LogP contribution in [0.5, 0.6) is 0 Å². The van der Waals surface area contributed by atoms with E-state index in [4.69, 9.17) is 9.47 Å². The Labute approximate surface area is 132 Å². The summed E-state index contributed by atoms with van der Waals surface area (Å²) in [7, 11) is 0. The van der Waals surface area contributed by atoms with Crippen molar-refractivity contribution in [2.75, 3.05) is 5.43 Å². The zero-order valence-electron chi connectivity index (χ0n) is 13.1. The van der Waals surface area contributed by atoms with Crippen LogP contribution in [0.3, 0.4) is 0 Å². The van der Waals surface area contributed by atoms with E-state index in [1.54, 1.807) is 0 Å². The van der Waals surface area contributed by atoms with E-state index in [0.29, 0.717) is 18.7 Å². The van der Waals surface area contributed by atoms with Crippen molar-refractivity contribution in [2.24, 2.45) is 5.10 Å². The molecule has 1 aromatic rings. The summed E-state index contributed by atoms with van der Waals surface area (Å²) in [6, 6.07) is 0. The van der Waals surface area contributed by atoms with Crippen molar-refractivity contribution < 1.29 is 19.1 Å². The highest BCUT2D eigenvalue weighted by Gasteiger charge is 2.47. The van der Waals surface area contributed by atoms with Gasteiger partial charge in [-0.2, -0.15) is 10.1 Å². The number of aromatic nitrogens is 3. The summed E-state index contributed by atoms with van der Waals surface area (Å²) in [6.45, 7) is 3.91. The first-order valence-corrected chi connectivity index (χ1v) is 7.72. The standard InChI is InChI=1S/C14H19N5O4/c1-8(2)10-15-13(19-17-10)18-16-9-11(20)22-14(23-12(9)21)6-4-3-5-7-14/h8H,3-7H2,1-2H3,(H2,15,17,18,19). The molecule has 0 bridgehead atoms. The first-order valence-electron chi connectivity index (χ1n) is 7.72. The summed E-state index contributed by atoms with van der Waals surface area (Å²) in [4.78, 5) is 28.3. The Hall–Kier alpha value is -2.45. The summed E-state index contributed by atoms with van der Waals surface area (Å²) >= 11 is 0. The third kappa shape index (κ3) is 3.17. The van der Waals surface area contributed by atoms with Crippen LogP contribution < -0.4 is 5.43 Å². The summed E-state index contributed by atoms with van der Waals surface area (Å²) < 4.78 is 10.7. The molecule has 0 unspecified atom stereocenters. The van der Waals surface area contributed by atoms with Crippen molar-refractivity contribution in [3.63, 3.8) is 0 Å². The average Bonchev–Trinajstić information content (AvgIpc) is 2.96. The van der Waals surface area contributed by atoms with Gasteiger partial charge >= 0.3 is 11.9 Å². The van der Waals surface area contributed by atoms with Crippen molar-refractivity contribution in [3.8, 4) is 0 Å². The predicted octanol–water partition coefficient (Wildman–Crippen LogP) is 1.46. The van der Waals surface area contributed by atoms with Crippen LogP contribution in [0.15, 0.2) is 5.10 Å². The van der Waals surface area contributed by atoms with Crippen LogP contribution in [0.2, 0.25) is 0 Å². The summed E-state index contributed by atoms with van der Waals surface area (Å²) in [5, 5.41) is 10.4. The number of hydrogen-bond acceptors (Lipinski definition) is 8. The van der Waals surface area contributed by atoms with Gasteiger partial charge in [0.15, 0.2) is 0 Å². The van der Waals surface area contributed by atoms with Crippen LogP contribution in [0, 0.1) is 0 Å². The molecule has 2 aliphatic rings. The van der Waals surface area contributed by atoms with Crippen LogP contribution in [-0.4, -0.2) is 38.6 Å². The SMILES string of the molecule is CC(C)c1nc(NN=C2C(=O)OC3(CCCCC3)OC2=O)n[nH]1. The lowest BCUT2D eigenvalue weighted by atomic mass is 9.93. The van der Waals surface area contributed by atoms with E-state index in [9.17, 15) is 9.59 Å². The van der Waals surface area contributed by atoms with Gasteiger partial charge in [-0.3, -0.25) is 5.10 Å². The van der Waals surface area contributed by atoms with E-state index >= 15 is 0 Å². The van der Waals surface area contributed by atoms with Crippen molar-refractivity contribution in [1.82, 2.24) is 15.2 Å². The molecule has 124 valence electrons. The second-order valence-corrected chi connectivity index (χ2v) is 6.02. The molecule has 0 atom stereocenters. The molecular weight excluding hydrogens is 302 g/mol. The normalized spacial score (nSPS) is 20.4. The highest BCUT2D eigenvalue weighted by atomic mass is 16.7. The number of H-pyrrole nitrogens is 1. The van der Waals surface area contributed by atoms with Crippen LogP contribution in [-0.2, 0) is 19.1 Å². The Bertz CT molecular complexity index is 623. The number of aromatic amines is 1. The largest absolute Gasteiger partial charge is 0.417 e. The smallest absolute Gasteiger partial charge is 0.369 e. The zero-order chi connectivity index (χ0) is 16.4. The number of carbonyl (C=O) groups is 2. The molecular formula is C14H19N5O4. The molecule has 2 N–H and O–H groups in total. The van der Waals surface area contributed by atoms with Crippen molar-refractivity contribution in [3.05, 3.63) is 5.82 Å². The zero-order valence-corrected chi connectivity index (χ0v) is 13.1. The van der Waals surface area contributed by atoms with Crippen molar-refractivity contribution >= 4 is 23.6 Å². The molecule has 0 aromatic carbocycles. The Kier molecular flexibility index (Phi) is 4.01. The fourth-order valence-corrected chi connectivity index (χ4v) is 2.61. The number of nitrogens with one attached hydrogen (secondary N) is 2. The number of esters is 2. The average molecular weight is 321 g/mol. The molecule has 0 amide bonds. The van der Waals surface area contributed by atoms with Crippen LogP contribution in [0.25, 0.3) is 0 Å². The molecule has 3 rings (SSSR count). The van der Waals surface area contributed by atoms with Crippen molar-refractivity contribution in [2.45, 2.75) is 57.7 Å². The number of nitrogens with zero attached hydrogens (tertiary/aromatic N) is 3. The highest BCUT2D eigenvalue weighted by molar-refractivity contribution is 6.63. The molecule has 0 radical (unpaired) electrons. The molecule has 1 saturated carbocycles. The first kappa shape index (κ1) is 15.4. The minimum atomic E-state index is -1.11. The van der Waals surface area contributed by atoms with Gasteiger partial charge in [-0.1, -0.05) is 20.3 Å². The van der Waals surface area contributed by atoms with Gasteiger partial charge < -0.3 is 9.47 Å². The Morgan fingerprint density at radius 1 is 1.17 bits per heavy atom. The topological polar surface area (TPSA) is 119 Å². The molecule has 9 nitrogen and oxygen atoms in total. The van der Waals surface area contributed by atoms with Crippen LogP contribution in [0.4, 0.5) is 5.95 Å². The van der Waals surface area contributed by atoms with Gasteiger partial charge in [0.25, 0.3) is 17.4 Å². The number of hydrazone groups is 1. The van der Waals surface area contributed by atoms with Crippen LogP contribution >= 0.6 is 0 Å². The number of hydrogen-bond donors (Lipinski definition) is 2. The number of ether oxygens (including phenoxy) is 2. The molecule has 2 heterocycles. The molecule has 1 spiro atoms. The quantitative estimate of drug-likeness (QED) is 0.639. The van der Waals surface area contributed by atoms with E-state index in [2.05, 4.69) is 25.7 Å². The van der Waals surface area contributed by atoms with Gasteiger partial charge in [-0.05, 0) is 12.8 Å². The van der Waals surface area contributed by atoms with Gasteiger partial charge in [0.1, 0.15) is 5.82 Å². The lowest BCUT2D eigenvalue weighted by molar-refractivity contribution is -0.237. The first-order chi connectivity index (χ1) is 11.0. The summed E-state index contributed by atoms with van der Waals surface area (Å²) in [5.41, 5.74) is 2.04. The number of anilines is 1. The third-order valence-corrected chi connectivity index (χ3v) is 3.88. The number of rotatable bonds is 3.